The van der Waals surface area contributed by atoms with E-state index >= 15 is 0 Å². The molecule has 0 saturated carbocycles. The highest BCUT2D eigenvalue weighted by atomic mass is 19.1. The first-order valence-corrected chi connectivity index (χ1v) is 3.39. The van der Waals surface area contributed by atoms with Crippen molar-refractivity contribution in [3.05, 3.63) is 18.0 Å². The first kappa shape index (κ1) is 7.25. The van der Waals surface area contributed by atoms with Gasteiger partial charge in [0, 0.05) is 12.7 Å². The van der Waals surface area contributed by atoms with Crippen LogP contribution in [0.25, 0.3) is 0 Å². The number of rotatable bonds is 3. The molecule has 10 heavy (non-hydrogen) atoms. The van der Waals surface area contributed by atoms with Crippen molar-refractivity contribution in [2.45, 2.75) is 19.9 Å². The number of nitrogens with zero attached hydrogens (tertiary/aromatic N) is 2. The smallest absolute Gasteiger partial charge is 0.0912 e. The second-order valence-electron chi connectivity index (χ2n) is 2.26. The van der Waals surface area contributed by atoms with Crippen LogP contribution in [0, 0.1) is 6.92 Å². The van der Waals surface area contributed by atoms with Gasteiger partial charge in [0.25, 0.3) is 0 Å². The molecule has 56 valence electrons. The highest BCUT2D eigenvalue weighted by Crippen LogP contribution is 1.94. The molecule has 1 aromatic rings. The normalized spacial score (nSPS) is 10.2. The van der Waals surface area contributed by atoms with E-state index in [0.29, 0.717) is 13.0 Å². The average Bonchev–Trinajstić information content (AvgIpc) is 2.31. The molecular weight excluding hydrogens is 131 g/mol. The Morgan fingerprint density at radius 3 is 3.00 bits per heavy atom. The van der Waals surface area contributed by atoms with Gasteiger partial charge in [-0.1, -0.05) is 0 Å². The van der Waals surface area contributed by atoms with Gasteiger partial charge in [-0.3, -0.25) is 9.07 Å². The predicted molar refractivity (Wildman–Crippen MR) is 37.6 cm³/mol. The zero-order chi connectivity index (χ0) is 7.40. The van der Waals surface area contributed by atoms with Gasteiger partial charge in [0.1, 0.15) is 0 Å². The quantitative estimate of drug-likeness (QED) is 0.626. The maximum absolute atomic E-state index is 11.6. The number of aromatic nitrogens is 2. The molecule has 0 N–H and O–H groups in total. The second-order valence-corrected chi connectivity index (χ2v) is 2.26. The molecule has 1 heterocycles. The third kappa shape index (κ3) is 1.83. The Hall–Kier alpha value is -0.860. The molecule has 0 atom stereocenters. The zero-order valence-corrected chi connectivity index (χ0v) is 6.05. The fraction of sp³-hybridized carbons (Fsp3) is 0.571. The Morgan fingerprint density at radius 2 is 2.50 bits per heavy atom. The Balaban J connectivity index is 2.42. The lowest BCUT2D eigenvalue weighted by molar-refractivity contribution is 0.434. The van der Waals surface area contributed by atoms with E-state index in [1.807, 2.05) is 19.2 Å². The van der Waals surface area contributed by atoms with Crippen LogP contribution in [0.3, 0.4) is 0 Å². The van der Waals surface area contributed by atoms with Gasteiger partial charge >= 0.3 is 0 Å². The molecule has 0 bridgehead atoms. The summed E-state index contributed by atoms with van der Waals surface area (Å²) in [5.41, 5.74) is 0.985. The van der Waals surface area contributed by atoms with Crippen molar-refractivity contribution >= 4 is 0 Å². The first-order chi connectivity index (χ1) is 4.83. The lowest BCUT2D eigenvalue weighted by atomic mass is 10.5. The molecule has 0 radical (unpaired) electrons. The zero-order valence-electron chi connectivity index (χ0n) is 6.05. The average molecular weight is 142 g/mol. The monoisotopic (exact) mass is 142 g/mol. The minimum Gasteiger partial charge on any atom is -0.272 e. The summed E-state index contributed by atoms with van der Waals surface area (Å²) in [6.07, 6.45) is 2.42. The van der Waals surface area contributed by atoms with Crippen LogP contribution in [0.15, 0.2) is 12.3 Å². The maximum Gasteiger partial charge on any atom is 0.0912 e. The molecule has 1 aromatic heterocycles. The molecule has 2 nitrogen and oxygen atoms in total. The summed E-state index contributed by atoms with van der Waals surface area (Å²) < 4.78 is 13.4. The fourth-order valence-electron chi connectivity index (χ4n) is 0.809. The van der Waals surface area contributed by atoms with Crippen molar-refractivity contribution in [3.63, 3.8) is 0 Å². The molecular formula is C7H11FN2. The van der Waals surface area contributed by atoms with Crippen molar-refractivity contribution in [3.8, 4) is 0 Å². The lowest BCUT2D eigenvalue weighted by Crippen LogP contribution is -1.99. The van der Waals surface area contributed by atoms with Crippen molar-refractivity contribution in [2.24, 2.45) is 0 Å². The Kier molecular flexibility index (Phi) is 2.42. The number of alkyl halides is 1. The van der Waals surface area contributed by atoms with Gasteiger partial charge in [0.15, 0.2) is 0 Å². The number of halogens is 1. The van der Waals surface area contributed by atoms with Gasteiger partial charge < -0.3 is 0 Å². The summed E-state index contributed by atoms with van der Waals surface area (Å²) in [6.45, 7) is 2.34. The third-order valence-electron chi connectivity index (χ3n) is 1.29. The SMILES string of the molecule is Cc1ccn(CCCF)n1. The summed E-state index contributed by atoms with van der Waals surface area (Å²) in [6, 6.07) is 1.91. The molecule has 0 amide bonds. The largest absolute Gasteiger partial charge is 0.272 e. The summed E-state index contributed by atoms with van der Waals surface area (Å²) in [7, 11) is 0. The van der Waals surface area contributed by atoms with E-state index in [0.717, 1.165) is 5.69 Å². The van der Waals surface area contributed by atoms with Gasteiger partial charge in [0.05, 0.1) is 12.4 Å². The van der Waals surface area contributed by atoms with E-state index in [1.165, 1.54) is 0 Å². The second kappa shape index (κ2) is 3.34. The van der Waals surface area contributed by atoms with E-state index in [9.17, 15) is 4.39 Å². The van der Waals surface area contributed by atoms with E-state index in [2.05, 4.69) is 5.10 Å². The van der Waals surface area contributed by atoms with E-state index in [4.69, 9.17) is 0 Å². The van der Waals surface area contributed by atoms with Crippen molar-refractivity contribution in [2.75, 3.05) is 6.67 Å². The molecule has 0 saturated heterocycles. The third-order valence-corrected chi connectivity index (χ3v) is 1.29. The highest BCUT2D eigenvalue weighted by molar-refractivity contribution is 4.94. The van der Waals surface area contributed by atoms with E-state index < -0.39 is 0 Å². The van der Waals surface area contributed by atoms with Gasteiger partial charge in [-0.25, -0.2) is 0 Å². The molecule has 3 heteroatoms. The number of hydrogen-bond donors (Lipinski definition) is 0. The van der Waals surface area contributed by atoms with Crippen LogP contribution >= 0.6 is 0 Å². The Labute approximate surface area is 59.7 Å². The van der Waals surface area contributed by atoms with Crippen LogP contribution in [0.5, 0.6) is 0 Å². The number of hydrogen-bond acceptors (Lipinski definition) is 1. The molecule has 1 rings (SSSR count). The van der Waals surface area contributed by atoms with Crippen molar-refractivity contribution < 1.29 is 4.39 Å². The van der Waals surface area contributed by atoms with Gasteiger partial charge in [-0.05, 0) is 19.4 Å². The van der Waals surface area contributed by atoms with Crippen molar-refractivity contribution in [1.82, 2.24) is 9.78 Å². The molecule has 0 aliphatic carbocycles. The topological polar surface area (TPSA) is 17.8 Å². The van der Waals surface area contributed by atoms with E-state index in [1.54, 1.807) is 4.68 Å². The Bertz CT molecular complexity index is 195. The molecule has 0 fully saturated rings. The summed E-state index contributed by atoms with van der Waals surface area (Å²) in [4.78, 5) is 0. The molecule has 0 unspecified atom stereocenters. The summed E-state index contributed by atoms with van der Waals surface area (Å²) >= 11 is 0. The maximum atomic E-state index is 11.6. The molecule has 0 spiro atoms. The molecule has 0 aromatic carbocycles. The van der Waals surface area contributed by atoms with E-state index in [-0.39, 0.29) is 6.67 Å². The van der Waals surface area contributed by atoms with Crippen LogP contribution in [-0.4, -0.2) is 16.5 Å². The predicted octanol–water partition coefficient (Wildman–Crippen LogP) is 1.55. The highest BCUT2D eigenvalue weighted by Gasteiger charge is 1.91. The van der Waals surface area contributed by atoms with Crippen LogP contribution in [0.2, 0.25) is 0 Å². The van der Waals surface area contributed by atoms with Gasteiger partial charge in [-0.15, -0.1) is 0 Å². The first-order valence-electron chi connectivity index (χ1n) is 3.39. The Morgan fingerprint density at radius 1 is 1.70 bits per heavy atom. The lowest BCUT2D eigenvalue weighted by Gasteiger charge is -1.95. The summed E-state index contributed by atoms with van der Waals surface area (Å²) in [5, 5.41) is 4.10. The van der Waals surface area contributed by atoms with Gasteiger partial charge in [0.2, 0.25) is 0 Å². The minimum absolute atomic E-state index is 0.265. The van der Waals surface area contributed by atoms with Gasteiger partial charge in [-0.2, -0.15) is 5.10 Å². The van der Waals surface area contributed by atoms with Crippen LogP contribution < -0.4 is 0 Å². The summed E-state index contributed by atoms with van der Waals surface area (Å²) in [5.74, 6) is 0. The van der Waals surface area contributed by atoms with Crippen molar-refractivity contribution in [1.29, 1.82) is 0 Å². The fourth-order valence-corrected chi connectivity index (χ4v) is 0.809. The molecule has 0 aliphatic rings. The standard InChI is InChI=1S/C7H11FN2/c1-7-3-6-10(9-7)5-2-4-8/h3,6H,2,4-5H2,1H3. The van der Waals surface area contributed by atoms with Crippen LogP contribution in [-0.2, 0) is 6.54 Å². The number of aryl methyl sites for hydroxylation is 2. The minimum atomic E-state index is -0.265. The molecule has 0 aliphatic heterocycles. The van der Waals surface area contributed by atoms with Crippen LogP contribution in [0.4, 0.5) is 4.39 Å². The van der Waals surface area contributed by atoms with Crippen LogP contribution in [0.1, 0.15) is 12.1 Å².